The van der Waals surface area contributed by atoms with Gasteiger partial charge in [-0.05, 0) is 24.6 Å². The summed E-state index contributed by atoms with van der Waals surface area (Å²) in [6.45, 7) is 2.09. The lowest BCUT2D eigenvalue weighted by molar-refractivity contribution is -0.142. The van der Waals surface area contributed by atoms with Crippen molar-refractivity contribution < 1.29 is 23.1 Å². The lowest BCUT2D eigenvalue weighted by atomic mass is 10.2. The summed E-state index contributed by atoms with van der Waals surface area (Å²) in [7, 11) is -2.06. The maximum Gasteiger partial charge on any atom is 0.306 e. The van der Waals surface area contributed by atoms with Crippen molar-refractivity contribution in [1.29, 1.82) is 0 Å². The molecule has 0 bridgehead atoms. The summed E-state index contributed by atoms with van der Waals surface area (Å²) < 4.78 is 29.8. The first kappa shape index (κ1) is 16.5. The number of aromatic hydroxyl groups is 1. The molecule has 0 aliphatic heterocycles. The number of esters is 1. The topological polar surface area (TPSA) is 83.9 Å². The lowest BCUT2D eigenvalue weighted by Crippen LogP contribution is -2.30. The van der Waals surface area contributed by atoms with E-state index in [9.17, 15) is 13.2 Å². The minimum absolute atomic E-state index is 0.126. The zero-order chi connectivity index (χ0) is 15.2. The van der Waals surface area contributed by atoms with Crippen LogP contribution in [0.3, 0.4) is 0 Å². The van der Waals surface area contributed by atoms with E-state index in [2.05, 4.69) is 0 Å². The number of phenols is 1. The van der Waals surface area contributed by atoms with Crippen LogP contribution in [0.25, 0.3) is 0 Å². The molecule has 0 saturated heterocycles. The maximum atomic E-state index is 12.0. The summed E-state index contributed by atoms with van der Waals surface area (Å²) in [6, 6.07) is 6.28. The van der Waals surface area contributed by atoms with Crippen LogP contribution in [0.2, 0.25) is 0 Å². The molecular weight excluding hydrogens is 282 g/mol. The number of rotatable bonds is 7. The molecule has 0 spiro atoms. The largest absolute Gasteiger partial charge is 0.508 e. The zero-order valence-corrected chi connectivity index (χ0v) is 12.4. The van der Waals surface area contributed by atoms with Crippen molar-refractivity contribution in [3.8, 4) is 5.75 Å². The summed E-state index contributed by atoms with van der Waals surface area (Å²) in [4.78, 5) is 11.2. The molecule has 1 aromatic rings. The smallest absolute Gasteiger partial charge is 0.306 e. The second kappa shape index (κ2) is 7.25. The number of hydrogen-bond donors (Lipinski definition) is 1. The fraction of sp³-hybridized carbons (Fsp3) is 0.462. The van der Waals surface area contributed by atoms with Crippen LogP contribution < -0.4 is 0 Å². The van der Waals surface area contributed by atoms with E-state index in [1.165, 1.54) is 23.5 Å². The van der Waals surface area contributed by atoms with Crippen LogP contribution in [0.4, 0.5) is 0 Å². The van der Waals surface area contributed by atoms with Gasteiger partial charge in [0.05, 0.1) is 18.8 Å². The average Bonchev–Trinajstić information content (AvgIpc) is 2.39. The number of carbonyl (C=O) groups is 1. The molecule has 0 aliphatic carbocycles. The number of hydrogen-bond acceptors (Lipinski definition) is 5. The van der Waals surface area contributed by atoms with Gasteiger partial charge in [0, 0.05) is 13.6 Å². The number of ether oxygens (including phenoxy) is 1. The Morgan fingerprint density at radius 2 is 1.90 bits per heavy atom. The van der Waals surface area contributed by atoms with Gasteiger partial charge in [0.15, 0.2) is 0 Å². The van der Waals surface area contributed by atoms with Crippen LogP contribution in [-0.2, 0) is 26.1 Å². The van der Waals surface area contributed by atoms with E-state index in [1.54, 1.807) is 19.1 Å². The molecule has 0 radical (unpaired) electrons. The van der Waals surface area contributed by atoms with Crippen LogP contribution in [0.15, 0.2) is 24.3 Å². The van der Waals surface area contributed by atoms with E-state index in [1.807, 2.05) is 0 Å². The Morgan fingerprint density at radius 1 is 1.30 bits per heavy atom. The number of phenolic OH excluding ortho intramolecular Hbond substituents is 1. The van der Waals surface area contributed by atoms with E-state index in [0.717, 1.165) is 5.56 Å². The SMILES string of the molecule is CCOC(=O)CCS(=O)(=O)N(C)Cc1ccc(O)cc1. The highest BCUT2D eigenvalue weighted by atomic mass is 32.2. The number of sulfonamides is 1. The summed E-state index contributed by atoms with van der Waals surface area (Å²) in [5, 5.41) is 9.16. The van der Waals surface area contributed by atoms with Crippen molar-refractivity contribution >= 4 is 16.0 Å². The molecular formula is C13H19NO5S. The van der Waals surface area contributed by atoms with Crippen molar-refractivity contribution in [2.24, 2.45) is 0 Å². The Kier molecular flexibility index (Phi) is 5.97. The monoisotopic (exact) mass is 301 g/mol. The molecule has 20 heavy (non-hydrogen) atoms. The van der Waals surface area contributed by atoms with E-state index >= 15 is 0 Å². The fourth-order valence-electron chi connectivity index (χ4n) is 1.56. The Hall–Kier alpha value is -1.60. The van der Waals surface area contributed by atoms with Crippen molar-refractivity contribution in [3.05, 3.63) is 29.8 Å². The van der Waals surface area contributed by atoms with Gasteiger partial charge in [-0.2, -0.15) is 0 Å². The molecule has 7 heteroatoms. The van der Waals surface area contributed by atoms with Crippen molar-refractivity contribution in [1.82, 2.24) is 4.31 Å². The average molecular weight is 301 g/mol. The van der Waals surface area contributed by atoms with E-state index in [-0.39, 0.29) is 31.1 Å². The Bertz CT molecular complexity index is 538. The third-order valence-electron chi connectivity index (χ3n) is 2.69. The molecule has 0 heterocycles. The highest BCUT2D eigenvalue weighted by molar-refractivity contribution is 7.89. The normalized spacial score (nSPS) is 11.6. The third-order valence-corrected chi connectivity index (χ3v) is 4.48. The molecule has 0 unspecified atom stereocenters. The number of benzene rings is 1. The molecule has 1 rings (SSSR count). The minimum atomic E-state index is -3.51. The molecule has 0 atom stereocenters. The molecule has 1 N–H and O–H groups in total. The summed E-state index contributed by atoms with van der Waals surface area (Å²) in [6.07, 6.45) is -0.157. The van der Waals surface area contributed by atoms with E-state index in [0.29, 0.717) is 0 Å². The van der Waals surface area contributed by atoms with Gasteiger partial charge in [-0.3, -0.25) is 4.79 Å². The molecule has 6 nitrogen and oxygen atoms in total. The van der Waals surface area contributed by atoms with Gasteiger partial charge >= 0.3 is 5.97 Å². The van der Waals surface area contributed by atoms with Crippen LogP contribution in [0.5, 0.6) is 5.75 Å². The Balaban J connectivity index is 2.58. The Morgan fingerprint density at radius 3 is 2.45 bits per heavy atom. The van der Waals surface area contributed by atoms with Gasteiger partial charge in [-0.1, -0.05) is 12.1 Å². The van der Waals surface area contributed by atoms with Gasteiger partial charge in [-0.25, -0.2) is 12.7 Å². The Labute approximate surface area is 119 Å². The van der Waals surface area contributed by atoms with Gasteiger partial charge in [0.25, 0.3) is 0 Å². The molecule has 0 aliphatic rings. The quantitative estimate of drug-likeness (QED) is 0.763. The van der Waals surface area contributed by atoms with Gasteiger partial charge in [-0.15, -0.1) is 0 Å². The van der Waals surface area contributed by atoms with E-state index < -0.39 is 16.0 Å². The van der Waals surface area contributed by atoms with Crippen molar-refractivity contribution in [2.75, 3.05) is 19.4 Å². The molecule has 0 amide bonds. The summed E-state index contributed by atoms with van der Waals surface area (Å²) in [5.41, 5.74) is 0.755. The number of carbonyl (C=O) groups excluding carboxylic acids is 1. The third kappa shape index (κ3) is 5.18. The first-order chi connectivity index (χ1) is 9.35. The standard InChI is InChI=1S/C13H19NO5S/c1-3-19-13(16)8-9-20(17,18)14(2)10-11-4-6-12(15)7-5-11/h4-7,15H,3,8-10H2,1-2H3. The van der Waals surface area contributed by atoms with Gasteiger partial charge in [0.1, 0.15) is 5.75 Å². The first-order valence-electron chi connectivity index (χ1n) is 6.22. The number of nitrogens with zero attached hydrogens (tertiary/aromatic N) is 1. The predicted octanol–water partition coefficient (Wildman–Crippen LogP) is 1.11. The second-order valence-electron chi connectivity index (χ2n) is 4.29. The van der Waals surface area contributed by atoms with Crippen molar-refractivity contribution in [3.63, 3.8) is 0 Å². The highest BCUT2D eigenvalue weighted by Gasteiger charge is 2.19. The van der Waals surface area contributed by atoms with Gasteiger partial charge in [0.2, 0.25) is 10.0 Å². The summed E-state index contributed by atoms with van der Waals surface area (Å²) >= 11 is 0. The zero-order valence-electron chi connectivity index (χ0n) is 11.6. The predicted molar refractivity (Wildman–Crippen MR) is 74.6 cm³/mol. The van der Waals surface area contributed by atoms with Gasteiger partial charge < -0.3 is 9.84 Å². The molecule has 0 saturated carbocycles. The van der Waals surface area contributed by atoms with Crippen LogP contribution >= 0.6 is 0 Å². The minimum Gasteiger partial charge on any atom is -0.508 e. The maximum absolute atomic E-state index is 12.0. The molecule has 1 aromatic carbocycles. The molecule has 112 valence electrons. The molecule has 0 fully saturated rings. The van der Waals surface area contributed by atoms with E-state index in [4.69, 9.17) is 9.84 Å². The molecule has 0 aromatic heterocycles. The summed E-state index contributed by atoms with van der Waals surface area (Å²) in [5.74, 6) is -0.670. The lowest BCUT2D eigenvalue weighted by Gasteiger charge is -2.17. The van der Waals surface area contributed by atoms with Crippen LogP contribution in [0.1, 0.15) is 18.9 Å². The van der Waals surface area contributed by atoms with Crippen LogP contribution in [-0.4, -0.2) is 43.2 Å². The van der Waals surface area contributed by atoms with Crippen molar-refractivity contribution in [2.45, 2.75) is 19.9 Å². The first-order valence-corrected chi connectivity index (χ1v) is 7.83. The fourth-order valence-corrected chi connectivity index (χ4v) is 2.64. The van der Waals surface area contributed by atoms with Crippen LogP contribution in [0, 0.1) is 0 Å². The highest BCUT2D eigenvalue weighted by Crippen LogP contribution is 2.13. The second-order valence-corrected chi connectivity index (χ2v) is 6.49.